The number of carbonyl (C=O) groups excluding carboxylic acids is 1. The lowest BCUT2D eigenvalue weighted by Crippen LogP contribution is -2.31. The van der Waals surface area contributed by atoms with E-state index in [1.165, 1.54) is 0 Å². The summed E-state index contributed by atoms with van der Waals surface area (Å²) in [7, 11) is 1.92. The van der Waals surface area contributed by atoms with Gasteiger partial charge in [-0.25, -0.2) is 0 Å². The van der Waals surface area contributed by atoms with Gasteiger partial charge in [0.15, 0.2) is 0 Å². The zero-order chi connectivity index (χ0) is 14.8. The first-order valence-electron chi connectivity index (χ1n) is 7.55. The molecule has 0 aromatic carbocycles. The minimum Gasteiger partial charge on any atom is -0.351 e. The predicted octanol–water partition coefficient (Wildman–Crippen LogP) is 2.54. The first-order valence-corrected chi connectivity index (χ1v) is 7.55. The molecule has 1 fully saturated rings. The van der Waals surface area contributed by atoms with E-state index in [1.807, 2.05) is 48.9 Å². The van der Waals surface area contributed by atoms with Crippen molar-refractivity contribution in [1.82, 2.24) is 19.2 Å². The Balaban J connectivity index is 1.68. The summed E-state index contributed by atoms with van der Waals surface area (Å²) in [6.45, 7) is 2.95. The van der Waals surface area contributed by atoms with Gasteiger partial charge in [0.2, 0.25) is 5.91 Å². The van der Waals surface area contributed by atoms with Crippen molar-refractivity contribution < 1.29 is 4.79 Å². The van der Waals surface area contributed by atoms with Crippen molar-refractivity contribution in [3.63, 3.8) is 0 Å². The molecule has 5 nitrogen and oxygen atoms in total. The molecule has 1 amide bonds. The summed E-state index contributed by atoms with van der Waals surface area (Å²) in [6, 6.07) is 4.38. The van der Waals surface area contributed by atoms with Gasteiger partial charge in [-0.1, -0.05) is 0 Å². The maximum atomic E-state index is 12.6. The number of rotatable bonds is 4. The van der Waals surface area contributed by atoms with Gasteiger partial charge < -0.3 is 9.47 Å². The first kappa shape index (κ1) is 13.9. The Morgan fingerprint density at radius 1 is 1.43 bits per heavy atom. The van der Waals surface area contributed by atoms with E-state index in [0.717, 1.165) is 24.9 Å². The number of amides is 1. The van der Waals surface area contributed by atoms with Crippen molar-refractivity contribution in [2.45, 2.75) is 38.3 Å². The van der Waals surface area contributed by atoms with Crippen molar-refractivity contribution in [3.05, 3.63) is 42.5 Å². The van der Waals surface area contributed by atoms with Gasteiger partial charge in [0.05, 0.1) is 12.2 Å². The van der Waals surface area contributed by atoms with Crippen LogP contribution in [-0.2, 0) is 11.8 Å². The largest absolute Gasteiger partial charge is 0.351 e. The van der Waals surface area contributed by atoms with Crippen molar-refractivity contribution in [1.29, 1.82) is 0 Å². The average molecular weight is 286 g/mol. The molecule has 2 aromatic rings. The lowest BCUT2D eigenvalue weighted by molar-refractivity contribution is -0.132. The summed E-state index contributed by atoms with van der Waals surface area (Å²) >= 11 is 0. The van der Waals surface area contributed by atoms with Gasteiger partial charge in [-0.2, -0.15) is 5.10 Å². The van der Waals surface area contributed by atoms with E-state index in [0.29, 0.717) is 6.42 Å². The fourth-order valence-electron chi connectivity index (χ4n) is 3.14. The highest BCUT2D eigenvalue weighted by Crippen LogP contribution is 2.32. The van der Waals surface area contributed by atoms with Crippen LogP contribution < -0.4 is 0 Å². The summed E-state index contributed by atoms with van der Waals surface area (Å²) in [5, 5.41) is 4.23. The van der Waals surface area contributed by atoms with Crippen molar-refractivity contribution in [3.8, 4) is 0 Å². The molecule has 0 N–H and O–H groups in total. The van der Waals surface area contributed by atoms with Crippen LogP contribution in [0.4, 0.5) is 0 Å². The molecule has 3 rings (SSSR count). The average Bonchev–Trinajstić information content (AvgIpc) is 3.19. The Bertz CT molecular complexity index is 602. The molecule has 2 atom stereocenters. The molecule has 21 heavy (non-hydrogen) atoms. The summed E-state index contributed by atoms with van der Waals surface area (Å²) in [4.78, 5) is 14.7. The smallest absolute Gasteiger partial charge is 0.225 e. The Kier molecular flexibility index (Phi) is 3.82. The van der Waals surface area contributed by atoms with Gasteiger partial charge in [-0.3, -0.25) is 9.48 Å². The Hall–Kier alpha value is -2.04. The highest BCUT2D eigenvalue weighted by molar-refractivity contribution is 5.77. The van der Waals surface area contributed by atoms with Gasteiger partial charge >= 0.3 is 0 Å². The minimum absolute atomic E-state index is 0.197. The third-order valence-corrected chi connectivity index (χ3v) is 4.29. The van der Waals surface area contributed by atoms with E-state index in [9.17, 15) is 4.79 Å². The van der Waals surface area contributed by atoms with E-state index in [2.05, 4.69) is 16.6 Å². The minimum atomic E-state index is 0.197. The summed E-state index contributed by atoms with van der Waals surface area (Å²) in [5.41, 5.74) is 1.15. The van der Waals surface area contributed by atoms with Crippen LogP contribution in [0.25, 0.3) is 0 Å². The lowest BCUT2D eigenvalue weighted by atomic mass is 10.1. The molecule has 2 unspecified atom stereocenters. The highest BCUT2D eigenvalue weighted by atomic mass is 16.2. The molecule has 112 valence electrons. The second-order valence-electron chi connectivity index (χ2n) is 5.88. The zero-order valence-corrected chi connectivity index (χ0v) is 12.6. The highest BCUT2D eigenvalue weighted by Gasteiger charge is 2.31. The normalized spacial score (nSPS) is 19.9. The predicted molar refractivity (Wildman–Crippen MR) is 80.7 cm³/mol. The monoisotopic (exact) mass is 286 g/mol. The fourth-order valence-corrected chi connectivity index (χ4v) is 3.14. The van der Waals surface area contributed by atoms with Gasteiger partial charge in [-0.05, 0) is 31.9 Å². The Morgan fingerprint density at radius 3 is 2.86 bits per heavy atom. The van der Waals surface area contributed by atoms with E-state index >= 15 is 0 Å². The number of aromatic nitrogens is 3. The molecule has 1 aliphatic heterocycles. The molecule has 3 heterocycles. The SMILES string of the molecule is CC(CC(=O)N1CCCC1c1cnn(C)c1)n1cccc1. The molecule has 2 aromatic heterocycles. The van der Waals surface area contributed by atoms with E-state index in [1.54, 1.807) is 4.68 Å². The molecular weight excluding hydrogens is 264 g/mol. The van der Waals surface area contributed by atoms with E-state index < -0.39 is 0 Å². The molecule has 0 bridgehead atoms. The second-order valence-corrected chi connectivity index (χ2v) is 5.88. The van der Waals surface area contributed by atoms with Gasteiger partial charge in [0.1, 0.15) is 0 Å². The number of hydrogen-bond acceptors (Lipinski definition) is 2. The first-order chi connectivity index (χ1) is 10.1. The Labute approximate surface area is 125 Å². The second kappa shape index (κ2) is 5.76. The topological polar surface area (TPSA) is 43.1 Å². The van der Waals surface area contributed by atoms with Gasteiger partial charge in [0.25, 0.3) is 0 Å². The standard InChI is InChI=1S/C16H22N4O/c1-13(19-7-3-4-8-19)10-16(21)20-9-5-6-15(20)14-11-17-18(2)12-14/h3-4,7-8,11-13,15H,5-6,9-10H2,1-2H3. The number of carbonyl (C=O) groups is 1. The van der Waals surface area contributed by atoms with Gasteiger partial charge in [0, 0.05) is 50.2 Å². The number of nitrogens with zero attached hydrogens (tertiary/aromatic N) is 4. The molecule has 0 spiro atoms. The number of likely N-dealkylation sites (tertiary alicyclic amines) is 1. The third-order valence-electron chi connectivity index (χ3n) is 4.29. The molecule has 1 aliphatic rings. The number of hydrogen-bond donors (Lipinski definition) is 0. The molecule has 1 saturated heterocycles. The van der Waals surface area contributed by atoms with Gasteiger partial charge in [-0.15, -0.1) is 0 Å². The maximum absolute atomic E-state index is 12.6. The van der Waals surface area contributed by atoms with Crippen molar-refractivity contribution in [2.24, 2.45) is 7.05 Å². The van der Waals surface area contributed by atoms with E-state index in [-0.39, 0.29) is 18.0 Å². The summed E-state index contributed by atoms with van der Waals surface area (Å²) in [6.07, 6.45) is 10.6. The number of aryl methyl sites for hydroxylation is 1. The summed E-state index contributed by atoms with van der Waals surface area (Å²) < 4.78 is 3.89. The molecule has 0 aliphatic carbocycles. The zero-order valence-electron chi connectivity index (χ0n) is 12.6. The van der Waals surface area contributed by atoms with Crippen molar-refractivity contribution >= 4 is 5.91 Å². The lowest BCUT2D eigenvalue weighted by Gasteiger charge is -2.25. The van der Waals surface area contributed by atoms with Crippen LogP contribution in [0.5, 0.6) is 0 Å². The van der Waals surface area contributed by atoms with Crippen LogP contribution in [0.1, 0.15) is 43.8 Å². The van der Waals surface area contributed by atoms with Crippen molar-refractivity contribution in [2.75, 3.05) is 6.54 Å². The van der Waals surface area contributed by atoms with Crippen LogP contribution in [0.3, 0.4) is 0 Å². The third kappa shape index (κ3) is 2.86. The molecule has 0 radical (unpaired) electrons. The van der Waals surface area contributed by atoms with Crippen LogP contribution >= 0.6 is 0 Å². The fraction of sp³-hybridized carbons (Fsp3) is 0.500. The molecule has 5 heteroatoms. The van der Waals surface area contributed by atoms with Crippen LogP contribution in [0, 0.1) is 0 Å². The van der Waals surface area contributed by atoms with E-state index in [4.69, 9.17) is 0 Å². The molecule has 0 saturated carbocycles. The van der Waals surface area contributed by atoms with Crippen LogP contribution in [0.15, 0.2) is 36.9 Å². The Morgan fingerprint density at radius 2 is 2.19 bits per heavy atom. The quantitative estimate of drug-likeness (QED) is 0.867. The van der Waals surface area contributed by atoms with Crippen LogP contribution in [0.2, 0.25) is 0 Å². The molecular formula is C16H22N4O. The van der Waals surface area contributed by atoms with Crippen LogP contribution in [-0.4, -0.2) is 31.7 Å². The summed E-state index contributed by atoms with van der Waals surface area (Å²) in [5.74, 6) is 0.238. The maximum Gasteiger partial charge on any atom is 0.225 e.